The number of aliphatic imine (C=N–C) groups is 1. The number of aryl methyl sites for hydroxylation is 1. The highest BCUT2D eigenvalue weighted by atomic mass is 127. The first-order valence-corrected chi connectivity index (χ1v) is 9.68. The Morgan fingerprint density at radius 2 is 2.15 bits per heavy atom. The zero-order valence-corrected chi connectivity index (χ0v) is 19.3. The van der Waals surface area contributed by atoms with Crippen molar-refractivity contribution < 1.29 is 0 Å². The highest BCUT2D eigenvalue weighted by molar-refractivity contribution is 14.0. The van der Waals surface area contributed by atoms with Crippen LogP contribution in [0.25, 0.3) is 0 Å². The highest BCUT2D eigenvalue weighted by Gasteiger charge is 2.44. The summed E-state index contributed by atoms with van der Waals surface area (Å²) in [6, 6.07) is 8.63. The summed E-state index contributed by atoms with van der Waals surface area (Å²) in [6.07, 6.45) is 6.35. The van der Waals surface area contributed by atoms with E-state index in [9.17, 15) is 0 Å². The molecule has 1 aromatic carbocycles. The third-order valence-corrected chi connectivity index (χ3v) is 5.06. The fourth-order valence-electron chi connectivity index (χ4n) is 2.96. The number of halogens is 2. The van der Waals surface area contributed by atoms with Crippen molar-refractivity contribution in [1.82, 2.24) is 20.4 Å². The van der Waals surface area contributed by atoms with Crippen molar-refractivity contribution >= 4 is 45.9 Å². The first kappa shape index (κ1) is 21.2. The molecule has 0 bridgehead atoms. The Morgan fingerprint density at radius 1 is 1.35 bits per heavy atom. The quantitative estimate of drug-likeness (QED) is 0.324. The molecule has 2 aromatic rings. The van der Waals surface area contributed by atoms with Gasteiger partial charge in [-0.05, 0) is 49.9 Å². The van der Waals surface area contributed by atoms with Crippen LogP contribution in [0.1, 0.15) is 30.9 Å². The van der Waals surface area contributed by atoms with E-state index in [1.165, 1.54) is 24.0 Å². The normalized spacial score (nSPS) is 15.3. The molecule has 2 N–H and O–H groups in total. The summed E-state index contributed by atoms with van der Waals surface area (Å²) in [5.74, 6) is 0.882. The second-order valence-corrected chi connectivity index (χ2v) is 7.61. The van der Waals surface area contributed by atoms with Gasteiger partial charge in [0, 0.05) is 29.2 Å². The van der Waals surface area contributed by atoms with Crippen molar-refractivity contribution in [2.75, 3.05) is 19.6 Å². The zero-order valence-electron chi connectivity index (χ0n) is 15.3. The minimum absolute atomic E-state index is 0. The van der Waals surface area contributed by atoms with E-state index in [0.717, 1.165) is 36.6 Å². The molecule has 26 heavy (non-hydrogen) atoms. The number of hydrogen-bond donors (Lipinski definition) is 2. The lowest BCUT2D eigenvalue weighted by Crippen LogP contribution is -2.39. The van der Waals surface area contributed by atoms with Crippen LogP contribution < -0.4 is 10.6 Å². The lowest BCUT2D eigenvalue weighted by Gasteiger charge is -2.16. The molecule has 1 fully saturated rings. The zero-order chi connectivity index (χ0) is 17.7. The molecular weight excluding hydrogens is 505 g/mol. The molecule has 1 aromatic heterocycles. The van der Waals surface area contributed by atoms with Crippen molar-refractivity contribution in [1.29, 1.82) is 0 Å². The van der Waals surface area contributed by atoms with E-state index < -0.39 is 0 Å². The molecule has 1 aliphatic rings. The number of rotatable bonds is 7. The summed E-state index contributed by atoms with van der Waals surface area (Å²) >= 11 is 3.58. The number of benzene rings is 1. The van der Waals surface area contributed by atoms with Crippen molar-refractivity contribution in [2.24, 2.45) is 4.99 Å². The van der Waals surface area contributed by atoms with Crippen molar-refractivity contribution in [3.63, 3.8) is 0 Å². The van der Waals surface area contributed by atoms with Gasteiger partial charge in [-0.3, -0.25) is 9.67 Å². The third-order valence-electron chi connectivity index (χ3n) is 4.57. The van der Waals surface area contributed by atoms with Gasteiger partial charge in [0.2, 0.25) is 0 Å². The Balaban J connectivity index is 0.00000243. The van der Waals surface area contributed by atoms with E-state index in [1.807, 2.05) is 10.9 Å². The minimum atomic E-state index is 0. The standard InChI is InChI=1S/C19H26BrN5.HI/c1-3-21-18(22-9-10-25-13-15(2)12-24-25)23-14-19(7-8-19)16-5-4-6-17(20)11-16;/h4-6,11-13H,3,7-10,14H2,1-2H3,(H2,21,22,23);1H. The van der Waals surface area contributed by atoms with Crippen molar-refractivity contribution in [2.45, 2.75) is 38.6 Å². The van der Waals surface area contributed by atoms with Crippen LogP contribution in [-0.2, 0) is 12.0 Å². The van der Waals surface area contributed by atoms with Gasteiger partial charge < -0.3 is 10.6 Å². The molecule has 0 spiro atoms. The van der Waals surface area contributed by atoms with E-state index in [2.05, 4.69) is 76.0 Å². The number of aromatic nitrogens is 2. The Kier molecular flexibility index (Phi) is 7.94. The van der Waals surface area contributed by atoms with E-state index in [1.54, 1.807) is 0 Å². The average molecular weight is 532 g/mol. The molecule has 0 unspecified atom stereocenters. The smallest absolute Gasteiger partial charge is 0.191 e. The van der Waals surface area contributed by atoms with E-state index in [0.29, 0.717) is 0 Å². The predicted octanol–water partition coefficient (Wildman–Crippen LogP) is 3.86. The van der Waals surface area contributed by atoms with E-state index in [-0.39, 0.29) is 29.4 Å². The van der Waals surface area contributed by atoms with Crippen LogP contribution in [0.3, 0.4) is 0 Å². The highest BCUT2D eigenvalue weighted by Crippen LogP contribution is 2.48. The molecule has 0 aliphatic heterocycles. The topological polar surface area (TPSA) is 54.2 Å². The van der Waals surface area contributed by atoms with Crippen LogP contribution in [0.4, 0.5) is 0 Å². The van der Waals surface area contributed by atoms with Gasteiger partial charge in [-0.25, -0.2) is 0 Å². The summed E-state index contributed by atoms with van der Waals surface area (Å²) in [5, 5.41) is 11.1. The van der Waals surface area contributed by atoms with Crippen LogP contribution in [0.15, 0.2) is 46.1 Å². The van der Waals surface area contributed by atoms with Gasteiger partial charge in [-0.1, -0.05) is 28.1 Å². The molecule has 7 heteroatoms. The third kappa shape index (κ3) is 5.70. The first-order valence-electron chi connectivity index (χ1n) is 8.89. The largest absolute Gasteiger partial charge is 0.357 e. The lowest BCUT2D eigenvalue weighted by molar-refractivity contribution is 0.596. The van der Waals surface area contributed by atoms with Gasteiger partial charge in [0.05, 0.1) is 19.3 Å². The van der Waals surface area contributed by atoms with Crippen LogP contribution in [0.5, 0.6) is 0 Å². The Hall–Kier alpha value is -1.09. The monoisotopic (exact) mass is 531 g/mol. The number of guanidine groups is 1. The van der Waals surface area contributed by atoms with Crippen LogP contribution in [-0.4, -0.2) is 35.4 Å². The van der Waals surface area contributed by atoms with Crippen LogP contribution >= 0.6 is 39.9 Å². The molecule has 1 aliphatic carbocycles. The lowest BCUT2D eigenvalue weighted by atomic mass is 9.96. The van der Waals surface area contributed by atoms with Gasteiger partial charge in [-0.2, -0.15) is 5.10 Å². The molecule has 5 nitrogen and oxygen atoms in total. The van der Waals surface area contributed by atoms with Crippen LogP contribution in [0, 0.1) is 6.92 Å². The second-order valence-electron chi connectivity index (χ2n) is 6.69. The number of hydrogen-bond acceptors (Lipinski definition) is 2. The molecule has 0 radical (unpaired) electrons. The van der Waals surface area contributed by atoms with Gasteiger partial charge in [0.1, 0.15) is 0 Å². The van der Waals surface area contributed by atoms with Gasteiger partial charge in [0.25, 0.3) is 0 Å². The van der Waals surface area contributed by atoms with Gasteiger partial charge in [0.15, 0.2) is 5.96 Å². The summed E-state index contributed by atoms with van der Waals surface area (Å²) in [6.45, 7) is 7.46. The SMILES string of the molecule is CCNC(=NCC1(c2cccc(Br)c2)CC1)NCCn1cc(C)cn1.I. The number of nitrogens with one attached hydrogen (secondary N) is 2. The molecule has 3 rings (SSSR count). The van der Waals surface area contributed by atoms with Gasteiger partial charge >= 0.3 is 0 Å². The molecular formula is C19H27BrIN5. The molecule has 1 heterocycles. The van der Waals surface area contributed by atoms with Gasteiger partial charge in [-0.15, -0.1) is 24.0 Å². The molecule has 142 valence electrons. The predicted molar refractivity (Wildman–Crippen MR) is 121 cm³/mol. The Bertz CT molecular complexity index is 739. The number of nitrogens with zero attached hydrogens (tertiary/aromatic N) is 3. The second kappa shape index (κ2) is 9.73. The van der Waals surface area contributed by atoms with Crippen LogP contribution in [0.2, 0.25) is 0 Å². The van der Waals surface area contributed by atoms with Crippen molar-refractivity contribution in [3.8, 4) is 0 Å². The first-order chi connectivity index (χ1) is 12.1. The molecule has 1 saturated carbocycles. The minimum Gasteiger partial charge on any atom is -0.357 e. The maximum atomic E-state index is 4.84. The maximum absolute atomic E-state index is 4.84. The fraction of sp³-hybridized carbons (Fsp3) is 0.474. The molecule has 0 saturated heterocycles. The molecule has 0 amide bonds. The summed E-state index contributed by atoms with van der Waals surface area (Å²) in [5.41, 5.74) is 2.78. The summed E-state index contributed by atoms with van der Waals surface area (Å²) in [4.78, 5) is 4.84. The summed E-state index contributed by atoms with van der Waals surface area (Å²) in [7, 11) is 0. The Morgan fingerprint density at radius 3 is 2.77 bits per heavy atom. The average Bonchev–Trinajstić information content (AvgIpc) is 3.28. The summed E-state index contributed by atoms with van der Waals surface area (Å²) < 4.78 is 3.09. The molecule has 0 atom stereocenters. The van der Waals surface area contributed by atoms with E-state index in [4.69, 9.17) is 4.99 Å². The van der Waals surface area contributed by atoms with Crippen molar-refractivity contribution in [3.05, 3.63) is 52.3 Å². The maximum Gasteiger partial charge on any atom is 0.191 e. The fourth-order valence-corrected chi connectivity index (χ4v) is 3.36. The van der Waals surface area contributed by atoms with E-state index >= 15 is 0 Å². The Labute approximate surface area is 181 Å².